The molecule has 0 spiro atoms. The smallest absolute Gasteiger partial charge is 0.137 e. The van der Waals surface area contributed by atoms with Crippen molar-refractivity contribution in [2.75, 3.05) is 19.6 Å². The molecule has 3 aromatic rings. The van der Waals surface area contributed by atoms with E-state index in [9.17, 15) is 0 Å². The van der Waals surface area contributed by atoms with Crippen molar-refractivity contribution in [3.8, 4) is 0 Å². The van der Waals surface area contributed by atoms with Crippen LogP contribution in [0.1, 0.15) is 17.5 Å². The Hall–Kier alpha value is -2.56. The maximum atomic E-state index is 5.15. The normalized spacial score (nSPS) is 18.4. The highest BCUT2D eigenvalue weighted by atomic mass is 32.2. The minimum absolute atomic E-state index is 0.477. The molecule has 0 bridgehead atoms. The first-order valence-electron chi connectivity index (χ1n) is 10.3. The fourth-order valence-corrected chi connectivity index (χ4v) is 5.12. The van der Waals surface area contributed by atoms with Crippen LogP contribution in [0.3, 0.4) is 0 Å². The monoisotopic (exact) mass is 399 g/mol. The number of hydrogen-bond donors (Lipinski definition) is 1. The fourth-order valence-electron chi connectivity index (χ4n) is 4.11. The van der Waals surface area contributed by atoms with E-state index in [1.807, 2.05) is 11.8 Å². The van der Waals surface area contributed by atoms with Gasteiger partial charge in [-0.15, -0.1) is 0 Å². The second-order valence-corrected chi connectivity index (χ2v) is 8.71. The Bertz CT molecular complexity index is 1020. The molecule has 0 aromatic heterocycles. The Morgan fingerprint density at radius 2 is 1.66 bits per heavy atom. The van der Waals surface area contributed by atoms with Gasteiger partial charge in [-0.1, -0.05) is 72.4 Å². The number of nitrogens with zero attached hydrogens (tertiary/aromatic N) is 2. The van der Waals surface area contributed by atoms with Crippen LogP contribution in [0.4, 0.5) is 5.69 Å². The quantitative estimate of drug-likeness (QED) is 0.661. The maximum absolute atomic E-state index is 5.15. The van der Waals surface area contributed by atoms with Gasteiger partial charge < -0.3 is 10.2 Å². The number of rotatable bonds is 3. The molecule has 0 unspecified atom stereocenters. The van der Waals surface area contributed by atoms with Crippen LogP contribution in [0.5, 0.6) is 0 Å². The topological polar surface area (TPSA) is 27.6 Å². The summed E-state index contributed by atoms with van der Waals surface area (Å²) in [7, 11) is 0. The predicted molar refractivity (Wildman–Crippen MR) is 121 cm³/mol. The van der Waals surface area contributed by atoms with Crippen LogP contribution in [0.25, 0.3) is 0 Å². The second kappa shape index (κ2) is 8.44. The van der Waals surface area contributed by atoms with Gasteiger partial charge in [-0.2, -0.15) is 0 Å². The van der Waals surface area contributed by atoms with E-state index in [-0.39, 0.29) is 0 Å². The molecule has 4 heteroatoms. The van der Waals surface area contributed by atoms with E-state index in [4.69, 9.17) is 4.99 Å². The van der Waals surface area contributed by atoms with E-state index in [1.54, 1.807) is 0 Å². The molecule has 1 saturated heterocycles. The van der Waals surface area contributed by atoms with E-state index in [1.165, 1.54) is 20.9 Å². The molecule has 0 saturated carbocycles. The third-order valence-electron chi connectivity index (χ3n) is 5.62. The van der Waals surface area contributed by atoms with Crippen LogP contribution in [0.2, 0.25) is 0 Å². The lowest BCUT2D eigenvalue weighted by Gasteiger charge is -2.36. The lowest BCUT2D eigenvalue weighted by Crippen LogP contribution is -2.53. The van der Waals surface area contributed by atoms with Gasteiger partial charge in [0.05, 0.1) is 5.69 Å². The third-order valence-corrected chi connectivity index (χ3v) is 6.76. The molecule has 29 heavy (non-hydrogen) atoms. The third kappa shape index (κ3) is 4.09. The van der Waals surface area contributed by atoms with E-state index >= 15 is 0 Å². The number of aryl methyl sites for hydroxylation is 1. The summed E-state index contributed by atoms with van der Waals surface area (Å²) in [5, 5.41) is 3.72. The predicted octanol–water partition coefficient (Wildman–Crippen LogP) is 5.14. The van der Waals surface area contributed by atoms with Crippen molar-refractivity contribution in [3.63, 3.8) is 0 Å². The van der Waals surface area contributed by atoms with Gasteiger partial charge in [0.15, 0.2) is 0 Å². The molecular weight excluding hydrogens is 374 g/mol. The summed E-state index contributed by atoms with van der Waals surface area (Å²) in [6.45, 7) is 2.98. The van der Waals surface area contributed by atoms with Gasteiger partial charge in [0.1, 0.15) is 5.84 Å². The van der Waals surface area contributed by atoms with Gasteiger partial charge in [-0.25, -0.2) is 4.99 Å². The Morgan fingerprint density at radius 1 is 0.897 bits per heavy atom. The Labute approximate surface area is 176 Å². The van der Waals surface area contributed by atoms with Gasteiger partial charge >= 0.3 is 0 Å². The zero-order valence-corrected chi connectivity index (χ0v) is 17.2. The number of fused-ring (bicyclic) bond motifs is 2. The Balaban J connectivity index is 1.40. The van der Waals surface area contributed by atoms with Crippen LogP contribution in [0, 0.1) is 0 Å². The van der Waals surface area contributed by atoms with Gasteiger partial charge in [0.2, 0.25) is 0 Å². The number of aliphatic imine (C=N–C) groups is 1. The van der Waals surface area contributed by atoms with E-state index in [0.717, 1.165) is 44.0 Å². The Kier molecular flexibility index (Phi) is 5.37. The average Bonchev–Trinajstić information content (AvgIpc) is 2.95. The first kappa shape index (κ1) is 18.5. The summed E-state index contributed by atoms with van der Waals surface area (Å²) >= 11 is 1.82. The van der Waals surface area contributed by atoms with Crippen LogP contribution in [-0.4, -0.2) is 36.4 Å². The highest BCUT2D eigenvalue weighted by Gasteiger charge is 2.26. The number of para-hydroxylation sites is 1. The highest BCUT2D eigenvalue weighted by Crippen LogP contribution is 2.40. The first-order chi connectivity index (χ1) is 14.4. The minimum Gasteiger partial charge on any atom is -0.353 e. The Morgan fingerprint density at radius 3 is 2.55 bits per heavy atom. The van der Waals surface area contributed by atoms with E-state index < -0.39 is 0 Å². The molecule has 0 aliphatic carbocycles. The molecule has 0 radical (unpaired) electrons. The molecule has 1 N–H and O–H groups in total. The van der Waals surface area contributed by atoms with Crippen molar-refractivity contribution < 1.29 is 0 Å². The number of piperazine rings is 1. The van der Waals surface area contributed by atoms with Gasteiger partial charge in [0, 0.05) is 41.0 Å². The SMILES string of the molecule is c1ccc(CC[C@H]2CN(C3=Nc4ccccc4Sc4ccccc43)CCN2)cc1. The summed E-state index contributed by atoms with van der Waals surface area (Å²) in [4.78, 5) is 10.1. The highest BCUT2D eigenvalue weighted by molar-refractivity contribution is 7.99. The molecule has 2 aliphatic rings. The molecule has 0 amide bonds. The summed E-state index contributed by atoms with van der Waals surface area (Å²) in [5.74, 6) is 1.12. The van der Waals surface area contributed by atoms with Crippen molar-refractivity contribution >= 4 is 23.3 Å². The number of nitrogens with one attached hydrogen (secondary N) is 1. The largest absolute Gasteiger partial charge is 0.353 e. The maximum Gasteiger partial charge on any atom is 0.137 e. The van der Waals surface area contributed by atoms with E-state index in [0.29, 0.717) is 6.04 Å². The number of hydrogen-bond acceptors (Lipinski definition) is 4. The zero-order chi connectivity index (χ0) is 19.5. The van der Waals surface area contributed by atoms with Gasteiger partial charge in [-0.05, 0) is 36.6 Å². The average molecular weight is 400 g/mol. The van der Waals surface area contributed by atoms with Crippen molar-refractivity contribution in [2.24, 2.45) is 4.99 Å². The zero-order valence-electron chi connectivity index (χ0n) is 16.4. The summed E-state index contributed by atoms with van der Waals surface area (Å²) < 4.78 is 0. The second-order valence-electron chi connectivity index (χ2n) is 7.62. The van der Waals surface area contributed by atoms with Crippen molar-refractivity contribution in [3.05, 3.63) is 90.0 Å². The molecule has 5 rings (SSSR count). The minimum atomic E-state index is 0.477. The standard InChI is InChI=1S/C25H25N3S/c1-2-8-19(9-3-1)14-15-20-18-28(17-16-26-20)25-21-10-4-6-12-23(21)29-24-13-7-5-11-22(24)27-25/h1-13,20,26H,14-18H2/t20-/m0/s1. The molecule has 2 heterocycles. The number of benzene rings is 3. The lowest BCUT2D eigenvalue weighted by molar-refractivity contribution is 0.282. The number of amidine groups is 1. The first-order valence-corrected chi connectivity index (χ1v) is 11.2. The van der Waals surface area contributed by atoms with Gasteiger partial charge in [0.25, 0.3) is 0 Å². The van der Waals surface area contributed by atoms with Gasteiger partial charge in [-0.3, -0.25) is 0 Å². The van der Waals surface area contributed by atoms with Crippen molar-refractivity contribution in [1.82, 2.24) is 10.2 Å². The molecule has 1 fully saturated rings. The van der Waals surface area contributed by atoms with Crippen LogP contribution in [-0.2, 0) is 6.42 Å². The van der Waals surface area contributed by atoms with E-state index in [2.05, 4.69) is 89.1 Å². The molecule has 3 nitrogen and oxygen atoms in total. The lowest BCUT2D eigenvalue weighted by atomic mass is 10.0. The molecule has 1 atom stereocenters. The van der Waals surface area contributed by atoms with Crippen LogP contribution >= 0.6 is 11.8 Å². The summed E-state index contributed by atoms with van der Waals surface area (Å²) in [5.41, 5.74) is 3.73. The summed E-state index contributed by atoms with van der Waals surface area (Å²) in [6, 6.07) is 28.4. The molecule has 2 aliphatic heterocycles. The molecule has 146 valence electrons. The van der Waals surface area contributed by atoms with Crippen LogP contribution < -0.4 is 5.32 Å². The van der Waals surface area contributed by atoms with Crippen molar-refractivity contribution in [2.45, 2.75) is 28.7 Å². The van der Waals surface area contributed by atoms with Crippen LogP contribution in [0.15, 0.2) is 93.6 Å². The molecule has 3 aromatic carbocycles. The van der Waals surface area contributed by atoms with Crippen molar-refractivity contribution in [1.29, 1.82) is 0 Å². The molecular formula is C25H25N3S. The summed E-state index contributed by atoms with van der Waals surface area (Å²) in [6.07, 6.45) is 2.24. The fraction of sp³-hybridized carbons (Fsp3) is 0.240.